The van der Waals surface area contributed by atoms with Crippen LogP contribution in [0.25, 0.3) is 88.3 Å². The highest BCUT2D eigenvalue weighted by Crippen LogP contribution is 2.46. The number of benzene rings is 9. The lowest BCUT2D eigenvalue weighted by atomic mass is 9.91. The van der Waals surface area contributed by atoms with Gasteiger partial charge in [0.15, 0.2) is 5.58 Å². The zero-order valence-corrected chi connectivity index (χ0v) is 29.7. The SMILES string of the molecule is c1ccc(-c2ccc(N(c3ccccc3)c3ccc(-c4cc5c6ccc(-c7nc8ccccc8o7)cc6oc5c5ccccc45)c4ccccc34)cc2)cc1. The Morgan fingerprint density at radius 3 is 1.76 bits per heavy atom. The van der Waals surface area contributed by atoms with Crippen molar-refractivity contribution in [2.45, 2.75) is 0 Å². The molecule has 0 unspecified atom stereocenters. The molecular weight excluding hydrogens is 673 g/mol. The third-order valence-corrected chi connectivity index (χ3v) is 10.7. The van der Waals surface area contributed by atoms with Crippen LogP contribution in [0.15, 0.2) is 203 Å². The van der Waals surface area contributed by atoms with Gasteiger partial charge in [0.25, 0.3) is 0 Å². The number of rotatable bonds is 6. The third-order valence-electron chi connectivity index (χ3n) is 10.7. The number of para-hydroxylation sites is 3. The van der Waals surface area contributed by atoms with Crippen LogP contribution >= 0.6 is 0 Å². The van der Waals surface area contributed by atoms with E-state index in [4.69, 9.17) is 13.8 Å². The molecule has 0 bridgehead atoms. The van der Waals surface area contributed by atoms with Crippen LogP contribution in [0.1, 0.15) is 0 Å². The lowest BCUT2D eigenvalue weighted by molar-refractivity contribution is 0.619. The lowest BCUT2D eigenvalue weighted by Gasteiger charge is -2.27. The molecule has 0 N–H and O–H groups in total. The van der Waals surface area contributed by atoms with E-state index in [1.807, 2.05) is 30.3 Å². The van der Waals surface area contributed by atoms with Gasteiger partial charge < -0.3 is 13.7 Å². The van der Waals surface area contributed by atoms with Crippen molar-refractivity contribution in [1.29, 1.82) is 0 Å². The molecule has 0 amide bonds. The van der Waals surface area contributed by atoms with Crippen molar-refractivity contribution in [3.05, 3.63) is 194 Å². The van der Waals surface area contributed by atoms with Crippen molar-refractivity contribution in [3.8, 4) is 33.7 Å². The molecule has 2 aromatic heterocycles. The second-order valence-electron chi connectivity index (χ2n) is 13.9. The van der Waals surface area contributed by atoms with E-state index in [9.17, 15) is 0 Å². The van der Waals surface area contributed by atoms with E-state index in [0.29, 0.717) is 5.89 Å². The third kappa shape index (κ3) is 5.19. The van der Waals surface area contributed by atoms with Crippen molar-refractivity contribution >= 4 is 71.6 Å². The summed E-state index contributed by atoms with van der Waals surface area (Å²) in [6.07, 6.45) is 0. The normalized spacial score (nSPS) is 11.6. The predicted molar refractivity (Wildman–Crippen MR) is 227 cm³/mol. The molecule has 9 aromatic carbocycles. The van der Waals surface area contributed by atoms with Crippen LogP contribution < -0.4 is 4.90 Å². The smallest absolute Gasteiger partial charge is 0.227 e. The minimum Gasteiger partial charge on any atom is -0.455 e. The van der Waals surface area contributed by atoms with E-state index < -0.39 is 0 Å². The Morgan fingerprint density at radius 2 is 0.982 bits per heavy atom. The first-order valence-corrected chi connectivity index (χ1v) is 18.5. The van der Waals surface area contributed by atoms with Gasteiger partial charge in [-0.1, -0.05) is 127 Å². The summed E-state index contributed by atoms with van der Waals surface area (Å²) in [7, 11) is 0. The molecule has 0 atom stereocenters. The molecule has 11 aromatic rings. The number of oxazole rings is 1. The van der Waals surface area contributed by atoms with Gasteiger partial charge in [0, 0.05) is 38.5 Å². The molecule has 0 aliphatic heterocycles. The van der Waals surface area contributed by atoms with E-state index >= 15 is 0 Å². The molecule has 0 fully saturated rings. The average Bonchev–Trinajstić information content (AvgIpc) is 3.86. The highest BCUT2D eigenvalue weighted by atomic mass is 16.3. The van der Waals surface area contributed by atoms with Gasteiger partial charge in [0.05, 0.1) is 5.69 Å². The van der Waals surface area contributed by atoms with Gasteiger partial charge in [0.2, 0.25) is 5.89 Å². The summed E-state index contributed by atoms with van der Waals surface area (Å²) in [4.78, 5) is 7.10. The zero-order chi connectivity index (χ0) is 36.3. The summed E-state index contributed by atoms with van der Waals surface area (Å²) in [6.45, 7) is 0. The minimum absolute atomic E-state index is 0.581. The van der Waals surface area contributed by atoms with Crippen molar-refractivity contribution in [1.82, 2.24) is 4.98 Å². The fourth-order valence-electron chi connectivity index (χ4n) is 8.10. The van der Waals surface area contributed by atoms with Gasteiger partial charge >= 0.3 is 0 Å². The Bertz CT molecular complexity index is 3170. The maximum absolute atomic E-state index is 6.69. The molecular formula is C51H32N2O2. The molecule has 0 aliphatic rings. The molecule has 4 heteroatoms. The first-order valence-electron chi connectivity index (χ1n) is 18.5. The molecule has 55 heavy (non-hydrogen) atoms. The maximum Gasteiger partial charge on any atom is 0.227 e. The Labute approximate surface area is 317 Å². The van der Waals surface area contributed by atoms with Crippen LogP contribution in [0.5, 0.6) is 0 Å². The van der Waals surface area contributed by atoms with Crippen molar-refractivity contribution < 1.29 is 8.83 Å². The van der Waals surface area contributed by atoms with Crippen molar-refractivity contribution in [2.75, 3.05) is 4.90 Å². The van der Waals surface area contributed by atoms with Crippen LogP contribution in [0.4, 0.5) is 17.1 Å². The number of hydrogen-bond acceptors (Lipinski definition) is 4. The number of fused-ring (bicyclic) bond motifs is 7. The Morgan fingerprint density at radius 1 is 0.364 bits per heavy atom. The fraction of sp³-hybridized carbons (Fsp3) is 0. The number of anilines is 3. The van der Waals surface area contributed by atoms with Gasteiger partial charge in [-0.05, 0) is 99.8 Å². The topological polar surface area (TPSA) is 42.4 Å². The summed E-state index contributed by atoms with van der Waals surface area (Å²) in [5.41, 5.74) is 12.2. The van der Waals surface area contributed by atoms with Crippen LogP contribution in [-0.2, 0) is 0 Å². The van der Waals surface area contributed by atoms with Crippen LogP contribution in [0.2, 0.25) is 0 Å². The average molecular weight is 705 g/mol. The summed E-state index contributed by atoms with van der Waals surface area (Å²) in [5.74, 6) is 0.581. The fourth-order valence-corrected chi connectivity index (χ4v) is 8.10. The highest BCUT2D eigenvalue weighted by molar-refractivity contribution is 6.21. The summed E-state index contributed by atoms with van der Waals surface area (Å²) in [5, 5.41) is 6.69. The second-order valence-corrected chi connectivity index (χ2v) is 13.9. The van der Waals surface area contributed by atoms with Gasteiger partial charge in [-0.2, -0.15) is 0 Å². The van der Waals surface area contributed by atoms with Crippen molar-refractivity contribution in [2.24, 2.45) is 0 Å². The van der Waals surface area contributed by atoms with Crippen LogP contribution in [0, 0.1) is 0 Å². The quantitative estimate of drug-likeness (QED) is 0.173. The summed E-state index contributed by atoms with van der Waals surface area (Å²) < 4.78 is 12.8. The van der Waals surface area contributed by atoms with E-state index in [0.717, 1.165) is 72.0 Å². The van der Waals surface area contributed by atoms with Gasteiger partial charge in [-0.25, -0.2) is 4.98 Å². The monoisotopic (exact) mass is 704 g/mol. The zero-order valence-electron chi connectivity index (χ0n) is 29.7. The Hall–Kier alpha value is -7.43. The Balaban J connectivity index is 1.08. The molecule has 0 spiro atoms. The molecule has 11 rings (SSSR count). The van der Waals surface area contributed by atoms with Crippen LogP contribution in [0.3, 0.4) is 0 Å². The molecule has 0 aliphatic carbocycles. The molecule has 2 heterocycles. The molecule has 0 saturated heterocycles. The summed E-state index contributed by atoms with van der Waals surface area (Å²) >= 11 is 0. The van der Waals surface area contributed by atoms with Gasteiger partial charge in [0.1, 0.15) is 16.7 Å². The predicted octanol–water partition coefficient (Wildman–Crippen LogP) is 14.5. The standard InChI is InChI=1S/C51H32N2O2/c1-3-13-33(14-4-1)34-23-26-37(27-24-34)53(36-15-5-2-6-16-36)47-30-29-40(38-17-7-9-19-41(38)47)44-32-45-42-28-25-35(51-52-46-21-11-12-22-48(46)55-51)31-49(42)54-50(45)43-20-10-8-18-39(43)44/h1-32H. The summed E-state index contributed by atoms with van der Waals surface area (Å²) in [6, 6.07) is 68.3. The lowest BCUT2D eigenvalue weighted by Crippen LogP contribution is -2.10. The number of furan rings is 1. The van der Waals surface area contributed by atoms with E-state index in [2.05, 4.69) is 169 Å². The van der Waals surface area contributed by atoms with Crippen molar-refractivity contribution in [3.63, 3.8) is 0 Å². The second kappa shape index (κ2) is 12.6. The van der Waals surface area contributed by atoms with E-state index in [1.165, 1.54) is 27.5 Å². The molecule has 4 nitrogen and oxygen atoms in total. The van der Waals surface area contributed by atoms with Crippen LogP contribution in [-0.4, -0.2) is 4.98 Å². The maximum atomic E-state index is 6.69. The number of aromatic nitrogens is 1. The molecule has 0 saturated carbocycles. The molecule has 258 valence electrons. The number of nitrogens with zero attached hydrogens (tertiary/aromatic N) is 2. The van der Waals surface area contributed by atoms with Gasteiger partial charge in [-0.3, -0.25) is 0 Å². The number of hydrogen-bond donors (Lipinski definition) is 0. The molecule has 0 radical (unpaired) electrons. The Kier molecular flexibility index (Phi) is 7.14. The first-order chi connectivity index (χ1) is 27.3. The largest absolute Gasteiger partial charge is 0.455 e. The van der Waals surface area contributed by atoms with Gasteiger partial charge in [-0.15, -0.1) is 0 Å². The highest BCUT2D eigenvalue weighted by Gasteiger charge is 2.21. The van der Waals surface area contributed by atoms with E-state index in [1.54, 1.807) is 0 Å². The first kappa shape index (κ1) is 31.1. The minimum atomic E-state index is 0.581. The van der Waals surface area contributed by atoms with E-state index in [-0.39, 0.29) is 0 Å².